The minimum absolute atomic E-state index is 0.0401. The maximum absolute atomic E-state index is 13.3. The number of ketones is 1. The highest BCUT2D eigenvalue weighted by Gasteiger charge is 2.39. The van der Waals surface area contributed by atoms with E-state index in [0.717, 1.165) is 11.1 Å². The van der Waals surface area contributed by atoms with Crippen molar-refractivity contribution >= 4 is 35.6 Å². The first-order chi connectivity index (χ1) is 16.3. The smallest absolute Gasteiger partial charge is 0.349 e. The lowest BCUT2D eigenvalue weighted by Gasteiger charge is -2.19. The number of ether oxygens (including phenoxy) is 2. The fraction of sp³-hybridized carbons (Fsp3) is 0.160. The van der Waals surface area contributed by atoms with Gasteiger partial charge in [-0.1, -0.05) is 24.3 Å². The third-order valence-corrected chi connectivity index (χ3v) is 5.12. The normalized spacial score (nSPS) is 19.1. The topological polar surface area (TPSA) is 106 Å². The third-order valence-electron chi connectivity index (χ3n) is 5.12. The number of nitrogens with zero attached hydrogens (tertiary/aromatic N) is 3. The van der Waals surface area contributed by atoms with Crippen LogP contribution < -0.4 is 9.47 Å². The Hall–Kier alpha value is -4.53. The van der Waals surface area contributed by atoms with Crippen LogP contribution >= 0.6 is 0 Å². The van der Waals surface area contributed by atoms with E-state index < -0.39 is 23.6 Å². The number of esters is 1. The molecule has 172 valence electrons. The van der Waals surface area contributed by atoms with E-state index in [4.69, 9.17) is 9.47 Å². The summed E-state index contributed by atoms with van der Waals surface area (Å²) in [6.45, 7) is 3.65. The molecular weight excluding hydrogens is 438 g/mol. The number of para-hydroxylation sites is 1. The van der Waals surface area contributed by atoms with E-state index in [9.17, 15) is 19.2 Å². The van der Waals surface area contributed by atoms with Crippen molar-refractivity contribution in [1.29, 1.82) is 0 Å². The summed E-state index contributed by atoms with van der Waals surface area (Å²) in [7, 11) is 1.56. The fourth-order valence-corrected chi connectivity index (χ4v) is 3.53. The van der Waals surface area contributed by atoms with Crippen LogP contribution in [0.25, 0.3) is 6.08 Å². The highest BCUT2D eigenvalue weighted by molar-refractivity contribution is 6.28. The number of hydrogen-bond acceptors (Lipinski definition) is 6. The molecule has 0 bridgehead atoms. The number of hydrogen-bond donors (Lipinski definition) is 0. The summed E-state index contributed by atoms with van der Waals surface area (Å²) in [6.07, 6.45) is 2.68. The lowest BCUT2D eigenvalue weighted by atomic mass is 10.0. The summed E-state index contributed by atoms with van der Waals surface area (Å²) in [5.74, 6) is -1.81. The number of fused-ring (bicyclic) bond motifs is 1. The highest BCUT2D eigenvalue weighted by Crippen LogP contribution is 2.30. The number of Topliss-reactive ketones (excluding diaryl/α,β-unsaturated/α-hetero) is 1. The Morgan fingerprint density at radius 3 is 2.47 bits per heavy atom. The van der Waals surface area contributed by atoms with E-state index in [-0.39, 0.29) is 28.5 Å². The van der Waals surface area contributed by atoms with Crippen LogP contribution in [0.5, 0.6) is 11.5 Å². The van der Waals surface area contributed by atoms with Crippen molar-refractivity contribution in [2.75, 3.05) is 13.7 Å². The monoisotopic (exact) mass is 459 g/mol. The van der Waals surface area contributed by atoms with E-state index in [1.165, 1.54) is 24.0 Å². The number of benzene rings is 2. The molecule has 2 aliphatic rings. The van der Waals surface area contributed by atoms with Crippen molar-refractivity contribution in [3.63, 3.8) is 0 Å². The quantitative estimate of drug-likeness (QED) is 0.300. The number of aliphatic imine (C=N–C) groups is 1. The van der Waals surface area contributed by atoms with Crippen LogP contribution in [0.3, 0.4) is 0 Å². The summed E-state index contributed by atoms with van der Waals surface area (Å²) >= 11 is 0. The summed E-state index contributed by atoms with van der Waals surface area (Å²) in [4.78, 5) is 56.9. The average Bonchev–Trinajstić information content (AvgIpc) is 3.01. The van der Waals surface area contributed by atoms with Gasteiger partial charge in [0.1, 0.15) is 22.8 Å². The molecule has 9 heteroatoms. The van der Waals surface area contributed by atoms with Gasteiger partial charge in [-0.05, 0) is 42.8 Å². The van der Waals surface area contributed by atoms with Gasteiger partial charge in [0.25, 0.3) is 5.91 Å². The van der Waals surface area contributed by atoms with Gasteiger partial charge >= 0.3 is 5.97 Å². The number of rotatable bonds is 4. The van der Waals surface area contributed by atoms with E-state index in [1.54, 1.807) is 49.5 Å². The van der Waals surface area contributed by atoms with Crippen molar-refractivity contribution in [2.45, 2.75) is 13.8 Å². The molecule has 0 aliphatic carbocycles. The van der Waals surface area contributed by atoms with Gasteiger partial charge < -0.3 is 14.4 Å². The van der Waals surface area contributed by atoms with E-state index >= 15 is 0 Å². The standard InChI is InChI=1S/C25H21N3O6/c1-4-33-17-11-9-16(10-12-17)13-20-23(31)28(25(27(20)3)26-15(2)29)14-19-22(30)18-7-5-6-8-21(18)34-24(19)32/h5-14H,4H2,1-3H3/b19-14-,20-13-,26-25?. The fourth-order valence-electron chi connectivity index (χ4n) is 3.53. The Morgan fingerprint density at radius 2 is 1.79 bits per heavy atom. The zero-order valence-electron chi connectivity index (χ0n) is 18.8. The molecule has 0 saturated carbocycles. The van der Waals surface area contributed by atoms with Gasteiger partial charge in [-0.2, -0.15) is 4.99 Å². The number of carbonyl (C=O) groups is 4. The summed E-state index contributed by atoms with van der Waals surface area (Å²) in [5, 5.41) is 0. The summed E-state index contributed by atoms with van der Waals surface area (Å²) < 4.78 is 10.7. The van der Waals surface area contributed by atoms with Gasteiger partial charge in [-0.15, -0.1) is 0 Å². The highest BCUT2D eigenvalue weighted by atomic mass is 16.5. The minimum Gasteiger partial charge on any atom is -0.494 e. The Bertz CT molecular complexity index is 1290. The molecule has 2 aliphatic heterocycles. The van der Waals surface area contributed by atoms with Gasteiger partial charge in [0.15, 0.2) is 0 Å². The molecule has 2 heterocycles. The molecule has 0 atom stereocenters. The molecule has 2 aromatic carbocycles. The third kappa shape index (κ3) is 4.23. The molecule has 1 saturated heterocycles. The summed E-state index contributed by atoms with van der Waals surface area (Å²) in [6, 6.07) is 13.4. The molecule has 0 aromatic heterocycles. The lowest BCUT2D eigenvalue weighted by Crippen LogP contribution is -2.33. The number of amides is 2. The second-order valence-corrected chi connectivity index (χ2v) is 7.45. The zero-order chi connectivity index (χ0) is 24.4. The Kier molecular flexibility index (Phi) is 6.09. The van der Waals surface area contributed by atoms with Gasteiger partial charge in [-0.25, -0.2) is 4.79 Å². The van der Waals surface area contributed by atoms with Crippen molar-refractivity contribution in [2.24, 2.45) is 4.99 Å². The molecule has 34 heavy (non-hydrogen) atoms. The molecule has 0 N–H and O–H groups in total. The lowest BCUT2D eigenvalue weighted by molar-refractivity contribution is -0.130. The molecule has 1 fully saturated rings. The average molecular weight is 459 g/mol. The zero-order valence-corrected chi connectivity index (χ0v) is 18.8. The maximum atomic E-state index is 13.3. The Balaban J connectivity index is 1.74. The first-order valence-electron chi connectivity index (χ1n) is 10.5. The van der Waals surface area contributed by atoms with E-state index in [0.29, 0.717) is 17.9 Å². The van der Waals surface area contributed by atoms with Crippen molar-refractivity contribution in [3.8, 4) is 11.5 Å². The van der Waals surface area contributed by atoms with Crippen LogP contribution in [-0.2, 0) is 14.4 Å². The van der Waals surface area contributed by atoms with Crippen LogP contribution in [0.2, 0.25) is 0 Å². The molecule has 4 rings (SSSR count). The van der Waals surface area contributed by atoms with Crippen molar-refractivity contribution in [1.82, 2.24) is 9.80 Å². The van der Waals surface area contributed by atoms with Crippen LogP contribution in [0, 0.1) is 0 Å². The predicted molar refractivity (Wildman–Crippen MR) is 123 cm³/mol. The Labute approximate surface area is 195 Å². The molecule has 2 aromatic rings. The second-order valence-electron chi connectivity index (χ2n) is 7.45. The van der Waals surface area contributed by atoms with Crippen LogP contribution in [0.15, 0.2) is 71.0 Å². The number of carbonyl (C=O) groups excluding carboxylic acids is 4. The van der Waals surface area contributed by atoms with Gasteiger partial charge in [-0.3, -0.25) is 19.3 Å². The molecule has 0 unspecified atom stereocenters. The van der Waals surface area contributed by atoms with Crippen molar-refractivity contribution < 1.29 is 28.7 Å². The van der Waals surface area contributed by atoms with Crippen LogP contribution in [-0.4, -0.2) is 53.0 Å². The minimum atomic E-state index is -0.898. The molecule has 9 nitrogen and oxygen atoms in total. The Morgan fingerprint density at radius 1 is 1.09 bits per heavy atom. The van der Waals surface area contributed by atoms with E-state index in [1.807, 2.05) is 6.92 Å². The predicted octanol–water partition coefficient (Wildman–Crippen LogP) is 2.79. The maximum Gasteiger partial charge on any atom is 0.349 e. The number of guanidine groups is 1. The van der Waals surface area contributed by atoms with Gasteiger partial charge in [0.2, 0.25) is 17.6 Å². The van der Waals surface area contributed by atoms with Gasteiger partial charge in [0, 0.05) is 20.2 Å². The second kappa shape index (κ2) is 9.14. The SMILES string of the molecule is CCOc1ccc(/C=C2/C(=O)N(/C=C3\C(=O)Oc4ccccc4C3=O)C(=NC(C)=O)N2C)cc1. The van der Waals surface area contributed by atoms with E-state index in [2.05, 4.69) is 4.99 Å². The van der Waals surface area contributed by atoms with Crippen LogP contribution in [0.1, 0.15) is 29.8 Å². The molecular formula is C25H21N3O6. The first kappa shape index (κ1) is 22.7. The largest absolute Gasteiger partial charge is 0.494 e. The summed E-state index contributed by atoms with van der Waals surface area (Å²) in [5.41, 5.74) is 0.748. The van der Waals surface area contributed by atoms with Crippen LogP contribution in [0.4, 0.5) is 0 Å². The molecule has 2 amide bonds. The molecule has 0 spiro atoms. The van der Waals surface area contributed by atoms with Gasteiger partial charge in [0.05, 0.1) is 12.2 Å². The van der Waals surface area contributed by atoms with Crippen molar-refractivity contribution in [3.05, 3.63) is 77.1 Å². The molecule has 0 radical (unpaired) electrons. The first-order valence-corrected chi connectivity index (χ1v) is 10.5. The number of likely N-dealkylation sites (N-methyl/N-ethyl adjacent to an activating group) is 1.